The number of methoxy groups -OCH3 is 1. The zero-order chi connectivity index (χ0) is 19.4. The van der Waals surface area contributed by atoms with Crippen LogP contribution in [0.2, 0.25) is 5.02 Å². The van der Waals surface area contributed by atoms with Gasteiger partial charge in [0.05, 0.1) is 7.11 Å². The minimum Gasteiger partial charge on any atom is -0.497 e. The molecule has 0 radical (unpaired) electrons. The molecule has 0 atom stereocenters. The van der Waals surface area contributed by atoms with Gasteiger partial charge in [-0.15, -0.1) is 0 Å². The van der Waals surface area contributed by atoms with E-state index in [0.717, 1.165) is 5.56 Å². The summed E-state index contributed by atoms with van der Waals surface area (Å²) in [6, 6.07) is 13.1. The van der Waals surface area contributed by atoms with Crippen molar-refractivity contribution in [1.82, 2.24) is 5.32 Å². The third-order valence-corrected chi connectivity index (χ3v) is 3.96. The fourth-order valence-electron chi connectivity index (χ4n) is 2.35. The van der Waals surface area contributed by atoms with Crippen LogP contribution < -0.4 is 15.7 Å². The number of hydrogen-bond acceptors (Lipinski definition) is 5. The highest BCUT2D eigenvalue weighted by Crippen LogP contribution is 2.18. The molecule has 2 amide bonds. The minimum absolute atomic E-state index is 0.259. The summed E-state index contributed by atoms with van der Waals surface area (Å²) in [6.07, 6.45) is 2.73. The van der Waals surface area contributed by atoms with E-state index in [0.29, 0.717) is 16.2 Å². The number of carbonyl (C=O) groups is 2. The number of ether oxygens (including phenoxy) is 1. The largest absolute Gasteiger partial charge is 0.497 e. The SMILES string of the molecule is COc1ccc(/C=C/C(=O)NC(=O)c2cc3ccc(Cl)cc3oc2=O)cc1. The van der Waals surface area contributed by atoms with Crippen LogP contribution >= 0.6 is 11.6 Å². The fraction of sp³-hybridized carbons (Fsp3) is 0.0500. The molecule has 0 unspecified atom stereocenters. The van der Waals surface area contributed by atoms with Crippen LogP contribution in [0.15, 0.2) is 63.8 Å². The number of rotatable bonds is 4. The third kappa shape index (κ3) is 4.43. The predicted molar refractivity (Wildman–Crippen MR) is 102 cm³/mol. The van der Waals surface area contributed by atoms with Gasteiger partial charge in [-0.3, -0.25) is 14.9 Å². The van der Waals surface area contributed by atoms with Crippen molar-refractivity contribution in [2.75, 3.05) is 7.11 Å². The van der Waals surface area contributed by atoms with Crippen molar-refractivity contribution >= 4 is 40.5 Å². The summed E-state index contributed by atoms with van der Waals surface area (Å²) in [6.45, 7) is 0. The topological polar surface area (TPSA) is 85.6 Å². The third-order valence-electron chi connectivity index (χ3n) is 3.72. The summed E-state index contributed by atoms with van der Waals surface area (Å²) in [4.78, 5) is 36.2. The Morgan fingerprint density at radius 2 is 1.85 bits per heavy atom. The summed E-state index contributed by atoms with van der Waals surface area (Å²) in [7, 11) is 1.56. The van der Waals surface area contributed by atoms with Crippen LogP contribution in [-0.2, 0) is 4.79 Å². The maximum Gasteiger partial charge on any atom is 0.349 e. The molecule has 0 spiro atoms. The first-order valence-electron chi connectivity index (χ1n) is 7.87. The molecule has 0 aliphatic carbocycles. The molecule has 1 aromatic heterocycles. The Morgan fingerprint density at radius 3 is 2.56 bits per heavy atom. The lowest BCUT2D eigenvalue weighted by Gasteiger charge is -2.03. The van der Waals surface area contributed by atoms with Crippen LogP contribution in [0.3, 0.4) is 0 Å². The van der Waals surface area contributed by atoms with Gasteiger partial charge in [0.25, 0.3) is 11.8 Å². The molecule has 6 nitrogen and oxygen atoms in total. The van der Waals surface area contributed by atoms with Crippen LogP contribution in [0.1, 0.15) is 15.9 Å². The van der Waals surface area contributed by atoms with Gasteiger partial charge in [-0.2, -0.15) is 0 Å². The maximum atomic E-state index is 12.2. The Hall–Kier alpha value is -3.38. The van der Waals surface area contributed by atoms with Gasteiger partial charge < -0.3 is 9.15 Å². The number of benzene rings is 2. The van der Waals surface area contributed by atoms with Gasteiger partial charge in [-0.25, -0.2) is 4.79 Å². The van der Waals surface area contributed by atoms with Crippen LogP contribution in [0, 0.1) is 0 Å². The number of imide groups is 1. The van der Waals surface area contributed by atoms with Gasteiger partial charge in [0.1, 0.15) is 16.9 Å². The summed E-state index contributed by atoms with van der Waals surface area (Å²) < 4.78 is 10.1. The van der Waals surface area contributed by atoms with Crippen molar-refractivity contribution in [2.45, 2.75) is 0 Å². The van der Waals surface area contributed by atoms with E-state index in [1.54, 1.807) is 43.5 Å². The lowest BCUT2D eigenvalue weighted by atomic mass is 10.1. The molecule has 0 aliphatic heterocycles. The lowest BCUT2D eigenvalue weighted by molar-refractivity contribution is -0.115. The second-order valence-corrected chi connectivity index (χ2v) is 5.99. The quantitative estimate of drug-likeness (QED) is 0.551. The smallest absolute Gasteiger partial charge is 0.349 e. The first-order chi connectivity index (χ1) is 13.0. The number of fused-ring (bicyclic) bond motifs is 1. The number of nitrogens with one attached hydrogen (secondary N) is 1. The standard InChI is InChI=1S/C20H14ClNO5/c1-26-15-7-2-12(3-8-15)4-9-18(23)22-19(24)16-10-13-5-6-14(21)11-17(13)27-20(16)25/h2-11H,1H3,(H,22,23,24)/b9-4+. The first kappa shape index (κ1) is 18.4. The van der Waals surface area contributed by atoms with Gasteiger partial charge in [-0.05, 0) is 42.0 Å². The van der Waals surface area contributed by atoms with Crippen LogP contribution in [0.4, 0.5) is 0 Å². The van der Waals surface area contributed by atoms with E-state index in [2.05, 4.69) is 5.32 Å². The lowest BCUT2D eigenvalue weighted by Crippen LogP contribution is -2.32. The number of halogens is 1. The summed E-state index contributed by atoms with van der Waals surface area (Å²) in [5, 5.41) is 3.05. The second-order valence-electron chi connectivity index (χ2n) is 5.55. The fourth-order valence-corrected chi connectivity index (χ4v) is 2.51. The zero-order valence-electron chi connectivity index (χ0n) is 14.2. The van der Waals surface area contributed by atoms with Gasteiger partial charge in [-0.1, -0.05) is 23.7 Å². The molecule has 0 fully saturated rings. The summed E-state index contributed by atoms with van der Waals surface area (Å²) in [5.41, 5.74) is -0.111. The average Bonchev–Trinajstić information content (AvgIpc) is 2.66. The van der Waals surface area contributed by atoms with E-state index in [1.165, 1.54) is 24.3 Å². The Morgan fingerprint density at radius 1 is 1.11 bits per heavy atom. The van der Waals surface area contributed by atoms with E-state index in [-0.39, 0.29) is 11.1 Å². The molecule has 0 aliphatic rings. The summed E-state index contributed by atoms with van der Waals surface area (Å²) in [5.74, 6) is -0.813. The molecule has 7 heteroatoms. The van der Waals surface area contributed by atoms with E-state index < -0.39 is 17.4 Å². The highest BCUT2D eigenvalue weighted by molar-refractivity contribution is 6.31. The molecule has 0 saturated heterocycles. The Bertz CT molecular complexity index is 1100. The normalized spacial score (nSPS) is 10.9. The summed E-state index contributed by atoms with van der Waals surface area (Å²) >= 11 is 5.84. The molecule has 27 heavy (non-hydrogen) atoms. The predicted octanol–water partition coefficient (Wildman–Crippen LogP) is 3.42. The van der Waals surface area contributed by atoms with E-state index in [9.17, 15) is 14.4 Å². The Labute approximate surface area is 159 Å². The van der Waals surface area contributed by atoms with Crippen molar-refractivity contribution in [2.24, 2.45) is 0 Å². The molecular formula is C20H14ClNO5. The average molecular weight is 384 g/mol. The van der Waals surface area contributed by atoms with E-state index in [1.807, 2.05) is 0 Å². The van der Waals surface area contributed by atoms with Crippen LogP contribution in [0.5, 0.6) is 5.75 Å². The molecule has 0 bridgehead atoms. The molecule has 1 N–H and O–H groups in total. The van der Waals surface area contributed by atoms with Crippen molar-refractivity contribution < 1.29 is 18.7 Å². The van der Waals surface area contributed by atoms with Crippen LogP contribution in [-0.4, -0.2) is 18.9 Å². The molecule has 3 rings (SSSR count). The van der Waals surface area contributed by atoms with Gasteiger partial charge in [0.15, 0.2) is 0 Å². The Kier molecular flexibility index (Phi) is 5.38. The van der Waals surface area contributed by atoms with Gasteiger partial charge in [0, 0.05) is 22.6 Å². The zero-order valence-corrected chi connectivity index (χ0v) is 14.9. The monoisotopic (exact) mass is 383 g/mol. The molecule has 136 valence electrons. The van der Waals surface area contributed by atoms with Crippen molar-refractivity contribution in [3.8, 4) is 5.75 Å². The number of carbonyl (C=O) groups excluding carboxylic acids is 2. The highest BCUT2D eigenvalue weighted by atomic mass is 35.5. The second kappa shape index (κ2) is 7.88. The molecule has 2 aromatic carbocycles. The maximum absolute atomic E-state index is 12.2. The number of hydrogen-bond donors (Lipinski definition) is 1. The Balaban J connectivity index is 1.74. The van der Waals surface area contributed by atoms with Crippen molar-refractivity contribution in [3.05, 3.63) is 81.2 Å². The molecule has 1 heterocycles. The van der Waals surface area contributed by atoms with Crippen molar-refractivity contribution in [3.63, 3.8) is 0 Å². The number of amides is 2. The van der Waals surface area contributed by atoms with E-state index in [4.69, 9.17) is 20.8 Å². The minimum atomic E-state index is -0.853. The van der Waals surface area contributed by atoms with Gasteiger partial charge >= 0.3 is 5.63 Å². The molecular weight excluding hydrogens is 370 g/mol. The van der Waals surface area contributed by atoms with Crippen LogP contribution in [0.25, 0.3) is 17.0 Å². The first-order valence-corrected chi connectivity index (χ1v) is 8.25. The molecule has 3 aromatic rings. The van der Waals surface area contributed by atoms with Crippen molar-refractivity contribution in [1.29, 1.82) is 0 Å². The highest BCUT2D eigenvalue weighted by Gasteiger charge is 2.15. The molecule has 0 saturated carbocycles. The van der Waals surface area contributed by atoms with E-state index >= 15 is 0 Å². The van der Waals surface area contributed by atoms with Gasteiger partial charge in [0.2, 0.25) is 0 Å².